The van der Waals surface area contributed by atoms with Gasteiger partial charge in [0.05, 0.1) is 17.0 Å². The molecule has 6 nitrogen and oxygen atoms in total. The molecule has 0 unspecified atom stereocenters. The minimum Gasteiger partial charge on any atom is -0.342 e. The first-order valence-corrected chi connectivity index (χ1v) is 12.3. The number of nitrogens with one attached hydrogen (secondary N) is 2. The number of carbonyl (C=O) groups is 1. The van der Waals surface area contributed by atoms with E-state index in [1.807, 2.05) is 0 Å². The second kappa shape index (κ2) is 11.2. The molecule has 0 saturated carbocycles. The van der Waals surface area contributed by atoms with Crippen molar-refractivity contribution in [3.8, 4) is 17.2 Å². The molecule has 0 bridgehead atoms. The Hall–Kier alpha value is -2.32. The van der Waals surface area contributed by atoms with Crippen LogP contribution in [0.2, 0.25) is 0 Å². The number of sulfone groups is 1. The van der Waals surface area contributed by atoms with Crippen molar-refractivity contribution in [2.45, 2.75) is 34.4 Å². The molecule has 2 N–H and O–H groups in total. The molecule has 0 fully saturated rings. The predicted molar refractivity (Wildman–Crippen MR) is 119 cm³/mol. The Morgan fingerprint density at radius 2 is 1.58 bits per heavy atom. The SMILES string of the molecule is CS(=O)(=O)c1ccc(-c2ccc([C@H](N[C@@H](CC(Cl)Cl)C(=O)NCC#N)C(F)(F)F)cc2)cc1. The lowest BCUT2D eigenvalue weighted by atomic mass is 9.99. The van der Waals surface area contributed by atoms with Crippen molar-refractivity contribution in [1.29, 1.82) is 5.26 Å². The molecule has 0 aliphatic heterocycles. The summed E-state index contributed by atoms with van der Waals surface area (Å²) in [4.78, 5) is 11.2. The molecular formula is C21H20Cl2F3N3O3S. The zero-order valence-electron chi connectivity index (χ0n) is 17.2. The minimum absolute atomic E-state index is 0.127. The van der Waals surface area contributed by atoms with Crippen LogP contribution in [-0.4, -0.2) is 44.2 Å². The standard InChI is InChI=1S/C21H20Cl2F3N3O3S/c1-33(31,32)16-8-6-14(7-9-16)13-2-4-15(5-3-13)19(21(24,25)26)29-17(12-18(22)23)20(30)28-11-10-27/h2-9,17-19,29H,11-12H2,1H3,(H,28,30)/t17-,19-/m0/s1. The highest BCUT2D eigenvalue weighted by Crippen LogP contribution is 2.35. The van der Waals surface area contributed by atoms with Gasteiger partial charge in [-0.05, 0) is 28.8 Å². The molecule has 0 aromatic heterocycles. The van der Waals surface area contributed by atoms with Crippen LogP contribution in [0, 0.1) is 11.3 Å². The van der Waals surface area contributed by atoms with Crippen molar-refractivity contribution in [1.82, 2.24) is 10.6 Å². The van der Waals surface area contributed by atoms with Gasteiger partial charge in [0.25, 0.3) is 0 Å². The summed E-state index contributed by atoms with van der Waals surface area (Å²) in [5.41, 5.74) is 1.04. The zero-order chi connectivity index (χ0) is 24.8. The van der Waals surface area contributed by atoms with Gasteiger partial charge in [0.2, 0.25) is 5.91 Å². The van der Waals surface area contributed by atoms with Crippen LogP contribution in [0.1, 0.15) is 18.0 Å². The predicted octanol–water partition coefficient (Wildman–Crippen LogP) is 4.15. The van der Waals surface area contributed by atoms with Gasteiger partial charge in [-0.2, -0.15) is 18.4 Å². The van der Waals surface area contributed by atoms with Gasteiger partial charge >= 0.3 is 6.18 Å². The third-order valence-corrected chi connectivity index (χ3v) is 6.11. The van der Waals surface area contributed by atoms with Gasteiger partial charge in [0, 0.05) is 12.7 Å². The molecule has 2 aromatic carbocycles. The number of hydrogen-bond donors (Lipinski definition) is 2. The summed E-state index contributed by atoms with van der Waals surface area (Å²) in [6.07, 6.45) is -3.98. The molecule has 0 aliphatic carbocycles. The molecule has 0 spiro atoms. The maximum absolute atomic E-state index is 13.8. The molecule has 2 aromatic rings. The quantitative estimate of drug-likeness (QED) is 0.381. The summed E-state index contributed by atoms with van der Waals surface area (Å²) >= 11 is 11.4. The van der Waals surface area contributed by atoms with Gasteiger partial charge in [0.1, 0.15) is 17.4 Å². The highest BCUT2D eigenvalue weighted by atomic mass is 35.5. The molecule has 0 saturated heterocycles. The minimum atomic E-state index is -4.75. The topological polar surface area (TPSA) is 99.1 Å². The third kappa shape index (κ3) is 7.89. The van der Waals surface area contributed by atoms with E-state index in [-0.39, 0.29) is 23.4 Å². The summed E-state index contributed by atoms with van der Waals surface area (Å²) in [6, 6.07) is 9.45. The summed E-state index contributed by atoms with van der Waals surface area (Å²) in [5.74, 6) is -0.834. The van der Waals surface area contributed by atoms with E-state index in [4.69, 9.17) is 28.5 Å². The largest absolute Gasteiger partial charge is 0.407 e. The summed E-state index contributed by atoms with van der Waals surface area (Å²) in [5, 5.41) is 13.0. The fourth-order valence-corrected chi connectivity index (χ4v) is 4.01. The Morgan fingerprint density at radius 1 is 1.06 bits per heavy atom. The van der Waals surface area contributed by atoms with Crippen LogP contribution in [0.4, 0.5) is 13.2 Å². The molecule has 0 radical (unpaired) electrons. The highest BCUT2D eigenvalue weighted by Gasteiger charge is 2.43. The van der Waals surface area contributed by atoms with E-state index in [1.54, 1.807) is 18.2 Å². The number of halogens is 5. The third-order valence-electron chi connectivity index (χ3n) is 4.63. The van der Waals surface area contributed by atoms with Crippen LogP contribution in [0.15, 0.2) is 53.4 Å². The molecule has 0 heterocycles. The van der Waals surface area contributed by atoms with Crippen LogP contribution >= 0.6 is 23.2 Å². The number of alkyl halides is 5. The smallest absolute Gasteiger partial charge is 0.342 e. The number of amides is 1. The summed E-state index contributed by atoms with van der Waals surface area (Å²) in [7, 11) is -3.37. The van der Waals surface area contributed by atoms with Gasteiger partial charge in [-0.1, -0.05) is 36.4 Å². The van der Waals surface area contributed by atoms with Crippen LogP contribution in [0.5, 0.6) is 0 Å². The van der Waals surface area contributed by atoms with Crippen LogP contribution in [0.25, 0.3) is 11.1 Å². The average Bonchev–Trinajstić information content (AvgIpc) is 2.73. The van der Waals surface area contributed by atoms with Crippen LogP contribution in [-0.2, 0) is 14.6 Å². The lowest BCUT2D eigenvalue weighted by Crippen LogP contribution is -2.49. The number of nitrogens with zero attached hydrogens (tertiary/aromatic N) is 1. The number of benzene rings is 2. The lowest BCUT2D eigenvalue weighted by Gasteiger charge is -2.27. The van der Waals surface area contributed by atoms with Crippen molar-refractivity contribution in [3.63, 3.8) is 0 Å². The Balaban J connectivity index is 2.31. The second-order valence-electron chi connectivity index (χ2n) is 7.12. The molecule has 0 aliphatic rings. The van der Waals surface area contributed by atoms with Gasteiger partial charge in [-0.15, -0.1) is 23.2 Å². The molecule has 33 heavy (non-hydrogen) atoms. The fraction of sp³-hybridized carbons (Fsp3) is 0.333. The van der Waals surface area contributed by atoms with E-state index in [9.17, 15) is 26.4 Å². The number of rotatable bonds is 9. The monoisotopic (exact) mass is 521 g/mol. The van der Waals surface area contributed by atoms with Crippen molar-refractivity contribution in [2.75, 3.05) is 12.8 Å². The maximum Gasteiger partial charge on any atom is 0.407 e. The molecule has 12 heteroatoms. The number of hydrogen-bond acceptors (Lipinski definition) is 5. The maximum atomic E-state index is 13.8. The molecular weight excluding hydrogens is 502 g/mol. The van der Waals surface area contributed by atoms with Gasteiger partial charge in [-0.3, -0.25) is 10.1 Å². The van der Waals surface area contributed by atoms with E-state index in [1.165, 1.54) is 36.4 Å². The zero-order valence-corrected chi connectivity index (χ0v) is 19.6. The van der Waals surface area contributed by atoms with E-state index in [0.29, 0.717) is 11.1 Å². The van der Waals surface area contributed by atoms with Gasteiger partial charge < -0.3 is 5.32 Å². The normalized spacial score (nSPS) is 13.9. The van der Waals surface area contributed by atoms with Crippen molar-refractivity contribution in [3.05, 3.63) is 54.1 Å². The Bertz CT molecular complexity index is 1100. The molecule has 178 valence electrons. The molecule has 2 atom stereocenters. The lowest BCUT2D eigenvalue weighted by molar-refractivity contribution is -0.161. The van der Waals surface area contributed by atoms with Crippen molar-refractivity contribution < 1.29 is 26.4 Å². The van der Waals surface area contributed by atoms with E-state index in [0.717, 1.165) is 6.26 Å². The van der Waals surface area contributed by atoms with Gasteiger partial charge in [-0.25, -0.2) is 8.42 Å². The molecule has 2 rings (SSSR count). The van der Waals surface area contributed by atoms with E-state index >= 15 is 0 Å². The second-order valence-corrected chi connectivity index (χ2v) is 10.4. The number of nitriles is 1. The Morgan fingerprint density at radius 3 is 2.00 bits per heavy atom. The Labute approximate surface area is 199 Å². The van der Waals surface area contributed by atoms with E-state index < -0.39 is 38.8 Å². The van der Waals surface area contributed by atoms with E-state index in [2.05, 4.69) is 10.6 Å². The fourth-order valence-electron chi connectivity index (χ4n) is 3.02. The van der Waals surface area contributed by atoms with Crippen LogP contribution in [0.3, 0.4) is 0 Å². The first kappa shape index (κ1) is 26.9. The van der Waals surface area contributed by atoms with Crippen molar-refractivity contribution in [2.24, 2.45) is 0 Å². The number of carbonyl (C=O) groups excluding carboxylic acids is 1. The summed E-state index contributed by atoms with van der Waals surface area (Å²) in [6.45, 7) is -0.379. The van der Waals surface area contributed by atoms with Crippen molar-refractivity contribution >= 4 is 38.9 Å². The Kier molecular flexibility index (Phi) is 9.14. The first-order chi connectivity index (χ1) is 15.3. The highest BCUT2D eigenvalue weighted by molar-refractivity contribution is 7.90. The van der Waals surface area contributed by atoms with Crippen LogP contribution < -0.4 is 10.6 Å². The van der Waals surface area contributed by atoms with Gasteiger partial charge in [0.15, 0.2) is 9.84 Å². The molecule has 1 amide bonds. The first-order valence-electron chi connectivity index (χ1n) is 9.49. The average molecular weight is 522 g/mol. The summed E-state index contributed by atoms with van der Waals surface area (Å²) < 4.78 is 64.6.